The van der Waals surface area contributed by atoms with Gasteiger partial charge in [-0.15, -0.1) is 0 Å². The third kappa shape index (κ3) is 5.59. The van der Waals surface area contributed by atoms with E-state index in [9.17, 15) is 14.7 Å². The molecule has 0 radical (unpaired) electrons. The Bertz CT molecular complexity index is 1600. The zero-order valence-electron chi connectivity index (χ0n) is 19.7. The van der Waals surface area contributed by atoms with E-state index in [4.69, 9.17) is 40.2 Å². The van der Waals surface area contributed by atoms with Crippen molar-refractivity contribution in [2.24, 2.45) is 0 Å². The van der Waals surface area contributed by atoms with Crippen molar-refractivity contribution < 1.29 is 19.4 Å². The van der Waals surface area contributed by atoms with Crippen LogP contribution in [0.3, 0.4) is 0 Å². The molecule has 1 aliphatic heterocycles. The molecule has 1 aromatic heterocycles. The van der Waals surface area contributed by atoms with Crippen LogP contribution in [-0.4, -0.2) is 37.2 Å². The number of aromatic amines is 1. The van der Waals surface area contributed by atoms with Gasteiger partial charge in [0.25, 0.3) is 5.91 Å². The fourth-order valence-corrected chi connectivity index (χ4v) is 6.01. The summed E-state index contributed by atoms with van der Waals surface area (Å²) in [6, 6.07) is 18.9. The predicted molar refractivity (Wildman–Crippen MR) is 156 cm³/mol. The van der Waals surface area contributed by atoms with Crippen molar-refractivity contribution in [1.29, 1.82) is 0 Å². The van der Waals surface area contributed by atoms with E-state index < -0.39 is 17.9 Å². The van der Waals surface area contributed by atoms with Crippen molar-refractivity contribution in [3.05, 3.63) is 105 Å². The fourth-order valence-electron chi connectivity index (χ4n) is 4.19. The van der Waals surface area contributed by atoms with Gasteiger partial charge in [0, 0.05) is 39.1 Å². The fraction of sp³-hybridized carbons (Fsp3) is 0.107. The van der Waals surface area contributed by atoms with Crippen LogP contribution < -0.4 is 4.74 Å². The Morgan fingerprint density at radius 1 is 1.11 bits per heavy atom. The first-order chi connectivity index (χ1) is 18.3. The number of aliphatic carboxylic acids is 1. The van der Waals surface area contributed by atoms with Crippen molar-refractivity contribution in [3.8, 4) is 5.75 Å². The van der Waals surface area contributed by atoms with E-state index in [1.807, 2.05) is 36.4 Å². The van der Waals surface area contributed by atoms with E-state index in [1.54, 1.807) is 42.6 Å². The van der Waals surface area contributed by atoms with Crippen LogP contribution in [0.2, 0.25) is 10.0 Å². The molecule has 1 saturated heterocycles. The quantitative estimate of drug-likeness (QED) is 0.173. The Morgan fingerprint density at radius 2 is 1.92 bits per heavy atom. The van der Waals surface area contributed by atoms with Crippen molar-refractivity contribution >= 4 is 80.4 Å². The number of H-pyrrole nitrogens is 1. The number of aromatic nitrogens is 1. The van der Waals surface area contributed by atoms with Gasteiger partial charge in [-0.3, -0.25) is 9.69 Å². The summed E-state index contributed by atoms with van der Waals surface area (Å²) < 4.78 is 6.09. The number of ether oxygens (including phenoxy) is 1. The molecule has 4 aromatic rings. The average molecular weight is 584 g/mol. The Hall–Kier alpha value is -3.30. The topological polar surface area (TPSA) is 82.6 Å². The third-order valence-electron chi connectivity index (χ3n) is 6.07. The molecule has 1 fully saturated rings. The molecule has 1 atom stereocenters. The van der Waals surface area contributed by atoms with Crippen LogP contribution >= 0.6 is 47.2 Å². The molecule has 1 amide bonds. The van der Waals surface area contributed by atoms with Gasteiger partial charge in [0.05, 0.1) is 4.91 Å². The van der Waals surface area contributed by atoms with Gasteiger partial charge >= 0.3 is 5.97 Å². The molecule has 192 valence electrons. The van der Waals surface area contributed by atoms with Gasteiger partial charge in [-0.05, 0) is 47.5 Å². The number of thiocarbonyl (C=S) groups is 1. The van der Waals surface area contributed by atoms with Gasteiger partial charge in [0.2, 0.25) is 0 Å². The number of para-hydroxylation sites is 1. The number of fused-ring (bicyclic) bond motifs is 1. The second-order valence-corrected chi connectivity index (χ2v) is 11.1. The van der Waals surface area contributed by atoms with Gasteiger partial charge in [-0.2, -0.15) is 0 Å². The van der Waals surface area contributed by atoms with Crippen LogP contribution in [0.5, 0.6) is 5.75 Å². The number of halogens is 2. The lowest BCUT2D eigenvalue weighted by atomic mass is 10.0. The number of carbonyl (C=O) groups excluding carboxylic acids is 1. The second-order valence-electron chi connectivity index (χ2n) is 8.57. The lowest BCUT2D eigenvalue weighted by Crippen LogP contribution is -2.45. The molecule has 2 N–H and O–H groups in total. The summed E-state index contributed by atoms with van der Waals surface area (Å²) in [5.74, 6) is -0.974. The zero-order valence-corrected chi connectivity index (χ0v) is 22.8. The molecule has 0 saturated carbocycles. The first-order valence-electron chi connectivity index (χ1n) is 11.5. The summed E-state index contributed by atoms with van der Waals surface area (Å²) in [7, 11) is 0. The minimum absolute atomic E-state index is 0.121. The highest BCUT2D eigenvalue weighted by molar-refractivity contribution is 8.26. The van der Waals surface area contributed by atoms with E-state index in [1.165, 1.54) is 4.90 Å². The molecular weight excluding hydrogens is 563 g/mol. The molecule has 6 nitrogen and oxygen atoms in total. The minimum Gasteiger partial charge on any atom is -0.489 e. The maximum Gasteiger partial charge on any atom is 0.327 e. The van der Waals surface area contributed by atoms with Crippen LogP contribution in [0.25, 0.3) is 17.0 Å². The number of thioether (sulfide) groups is 1. The maximum atomic E-state index is 13.3. The Balaban J connectivity index is 1.34. The SMILES string of the molecule is O=C(O)C(Cc1c[nH]c2ccccc12)N1C(=O)/C(=C/c2cccc(OCc3ccc(Cl)cc3Cl)c2)SC1=S. The van der Waals surface area contributed by atoms with Gasteiger partial charge in [-0.25, -0.2) is 4.79 Å². The molecule has 3 aromatic carbocycles. The highest BCUT2D eigenvalue weighted by Crippen LogP contribution is 2.36. The van der Waals surface area contributed by atoms with Gasteiger partial charge in [0.15, 0.2) is 0 Å². The third-order valence-corrected chi connectivity index (χ3v) is 7.99. The highest BCUT2D eigenvalue weighted by atomic mass is 35.5. The molecule has 0 aliphatic carbocycles. The van der Waals surface area contributed by atoms with Gasteiger partial charge in [-0.1, -0.05) is 83.6 Å². The summed E-state index contributed by atoms with van der Waals surface area (Å²) in [5.41, 5.74) is 3.21. The Labute approximate surface area is 238 Å². The van der Waals surface area contributed by atoms with Crippen LogP contribution in [0.15, 0.2) is 77.8 Å². The second kappa shape index (κ2) is 11.2. The molecule has 0 spiro atoms. The van der Waals surface area contributed by atoms with Crippen molar-refractivity contribution in [2.75, 3.05) is 0 Å². The number of carbonyl (C=O) groups is 2. The summed E-state index contributed by atoms with van der Waals surface area (Å²) >= 11 is 18.7. The molecular formula is C28H20Cl2N2O4S2. The monoisotopic (exact) mass is 582 g/mol. The number of carboxylic acids is 1. The van der Waals surface area contributed by atoms with E-state index in [0.29, 0.717) is 26.3 Å². The molecule has 38 heavy (non-hydrogen) atoms. The standard InChI is InChI=1S/C28H20Cl2N2O4S2/c29-19-9-8-17(22(30)13-19)15-36-20-5-3-4-16(10-20)11-25-26(33)32(28(37)38-25)24(27(34)35)12-18-14-31-23-7-2-1-6-21(18)23/h1-11,13-14,24,31H,12,15H2,(H,34,35)/b25-11-. The lowest BCUT2D eigenvalue weighted by Gasteiger charge is -2.23. The molecule has 10 heteroatoms. The van der Waals surface area contributed by atoms with Crippen molar-refractivity contribution in [1.82, 2.24) is 9.88 Å². The molecule has 1 unspecified atom stereocenters. The molecule has 1 aliphatic rings. The smallest absolute Gasteiger partial charge is 0.327 e. The average Bonchev–Trinajstić information content (AvgIpc) is 3.42. The van der Waals surface area contributed by atoms with E-state index in [-0.39, 0.29) is 17.3 Å². The van der Waals surface area contributed by atoms with E-state index >= 15 is 0 Å². The number of hydrogen-bond donors (Lipinski definition) is 2. The number of amides is 1. The molecule has 5 rings (SSSR count). The van der Waals surface area contributed by atoms with Crippen LogP contribution in [-0.2, 0) is 22.6 Å². The number of carboxylic acid groups (broad SMARTS) is 1. The van der Waals surface area contributed by atoms with Crippen LogP contribution in [0.1, 0.15) is 16.7 Å². The van der Waals surface area contributed by atoms with Crippen LogP contribution in [0.4, 0.5) is 0 Å². The van der Waals surface area contributed by atoms with Gasteiger partial charge in [0.1, 0.15) is 22.7 Å². The molecule has 0 bridgehead atoms. The van der Waals surface area contributed by atoms with E-state index in [0.717, 1.165) is 33.8 Å². The number of rotatable bonds is 8. The van der Waals surface area contributed by atoms with Crippen molar-refractivity contribution in [2.45, 2.75) is 19.1 Å². The maximum absolute atomic E-state index is 13.3. The zero-order chi connectivity index (χ0) is 26.8. The largest absolute Gasteiger partial charge is 0.489 e. The predicted octanol–water partition coefficient (Wildman–Crippen LogP) is 6.95. The highest BCUT2D eigenvalue weighted by Gasteiger charge is 2.40. The Kier molecular flexibility index (Phi) is 7.76. The van der Waals surface area contributed by atoms with Crippen LogP contribution in [0, 0.1) is 0 Å². The Morgan fingerprint density at radius 3 is 2.71 bits per heavy atom. The first kappa shape index (κ1) is 26.3. The number of nitrogens with zero attached hydrogens (tertiary/aromatic N) is 1. The normalized spacial score (nSPS) is 15.4. The lowest BCUT2D eigenvalue weighted by molar-refractivity contribution is -0.145. The van der Waals surface area contributed by atoms with Crippen molar-refractivity contribution in [3.63, 3.8) is 0 Å². The summed E-state index contributed by atoms with van der Waals surface area (Å²) in [6.45, 7) is 0.246. The number of hydrogen-bond acceptors (Lipinski definition) is 5. The minimum atomic E-state index is -1.13. The molecule has 2 heterocycles. The summed E-state index contributed by atoms with van der Waals surface area (Å²) in [5, 5.41) is 12.0. The first-order valence-corrected chi connectivity index (χ1v) is 13.5. The number of nitrogens with one attached hydrogen (secondary N) is 1. The van der Waals surface area contributed by atoms with Gasteiger partial charge < -0.3 is 14.8 Å². The summed E-state index contributed by atoms with van der Waals surface area (Å²) in [4.78, 5) is 30.3. The van der Waals surface area contributed by atoms with E-state index in [2.05, 4.69) is 4.98 Å². The number of benzene rings is 3. The summed E-state index contributed by atoms with van der Waals surface area (Å²) in [6.07, 6.45) is 3.58.